The molecule has 3 amide bonds. The highest BCUT2D eigenvalue weighted by Gasteiger charge is 2.08. The Morgan fingerprint density at radius 2 is 1.59 bits per heavy atom. The van der Waals surface area contributed by atoms with Crippen LogP contribution in [0, 0.1) is 0 Å². The Labute approximate surface area is 160 Å². The van der Waals surface area contributed by atoms with Crippen LogP contribution in [0.25, 0.3) is 0 Å². The van der Waals surface area contributed by atoms with Crippen molar-refractivity contribution in [2.24, 2.45) is 5.73 Å². The largest absolute Gasteiger partial charge is 0.369 e. The molecule has 0 aromatic heterocycles. The Hall–Kier alpha value is -2.86. The van der Waals surface area contributed by atoms with E-state index in [0.29, 0.717) is 17.8 Å². The Balaban J connectivity index is 1.88. The summed E-state index contributed by atoms with van der Waals surface area (Å²) in [6.07, 6.45) is 0.0878. The maximum absolute atomic E-state index is 12.2. The van der Waals surface area contributed by atoms with Crippen molar-refractivity contribution >= 4 is 17.6 Å². The molecule has 144 valence electrons. The van der Waals surface area contributed by atoms with E-state index in [9.17, 15) is 9.59 Å². The summed E-state index contributed by atoms with van der Waals surface area (Å²) in [5.41, 5.74) is 8.81. The Morgan fingerprint density at radius 3 is 2.22 bits per heavy atom. The highest BCUT2D eigenvalue weighted by molar-refractivity contribution is 5.91. The number of nitrogens with two attached hydrogens (primary N) is 1. The van der Waals surface area contributed by atoms with E-state index in [-0.39, 0.29) is 12.5 Å². The van der Waals surface area contributed by atoms with Gasteiger partial charge >= 0.3 is 6.03 Å². The molecule has 0 aliphatic carbocycles. The number of urea groups is 1. The van der Waals surface area contributed by atoms with Crippen LogP contribution >= 0.6 is 0 Å². The molecule has 0 unspecified atom stereocenters. The molecule has 6 nitrogen and oxygen atoms in total. The molecule has 27 heavy (non-hydrogen) atoms. The number of primary amides is 1. The van der Waals surface area contributed by atoms with E-state index >= 15 is 0 Å². The van der Waals surface area contributed by atoms with E-state index in [2.05, 4.69) is 41.5 Å². The minimum Gasteiger partial charge on any atom is -0.369 e. The van der Waals surface area contributed by atoms with E-state index in [1.54, 1.807) is 24.3 Å². The van der Waals surface area contributed by atoms with Gasteiger partial charge in [-0.3, -0.25) is 9.69 Å². The van der Waals surface area contributed by atoms with E-state index in [0.717, 1.165) is 25.2 Å². The third-order valence-corrected chi connectivity index (χ3v) is 4.41. The number of carbonyl (C=O) groups is 2. The van der Waals surface area contributed by atoms with Crippen molar-refractivity contribution < 1.29 is 9.59 Å². The number of para-hydroxylation sites is 1. The third-order valence-electron chi connectivity index (χ3n) is 4.41. The summed E-state index contributed by atoms with van der Waals surface area (Å²) in [5, 5.41) is 5.61. The summed E-state index contributed by atoms with van der Waals surface area (Å²) in [7, 11) is 0. The molecule has 0 bridgehead atoms. The van der Waals surface area contributed by atoms with Gasteiger partial charge in [0.25, 0.3) is 0 Å². The summed E-state index contributed by atoms with van der Waals surface area (Å²) >= 11 is 0. The molecular formula is C21H28N4O2. The van der Waals surface area contributed by atoms with Crippen LogP contribution < -0.4 is 16.4 Å². The highest BCUT2D eigenvalue weighted by atomic mass is 16.2. The van der Waals surface area contributed by atoms with Gasteiger partial charge in [-0.05, 0) is 35.8 Å². The van der Waals surface area contributed by atoms with E-state index < -0.39 is 5.91 Å². The average Bonchev–Trinajstić information content (AvgIpc) is 2.66. The van der Waals surface area contributed by atoms with Gasteiger partial charge in [-0.15, -0.1) is 0 Å². The monoisotopic (exact) mass is 368 g/mol. The van der Waals surface area contributed by atoms with E-state index in [4.69, 9.17) is 5.73 Å². The van der Waals surface area contributed by atoms with Crippen LogP contribution in [0.1, 0.15) is 30.5 Å². The fraction of sp³-hybridized carbons (Fsp3) is 0.333. The molecule has 2 rings (SSSR count). The predicted molar refractivity (Wildman–Crippen MR) is 108 cm³/mol. The minimum absolute atomic E-state index is 0.0878. The number of nitrogens with zero attached hydrogens (tertiary/aromatic N) is 1. The molecule has 0 fully saturated rings. The van der Waals surface area contributed by atoms with Crippen LogP contribution in [-0.4, -0.2) is 29.9 Å². The molecule has 0 heterocycles. The minimum atomic E-state index is -0.436. The second-order valence-corrected chi connectivity index (χ2v) is 6.39. The molecule has 0 spiro atoms. The zero-order chi connectivity index (χ0) is 19.6. The summed E-state index contributed by atoms with van der Waals surface area (Å²) in [6.45, 7) is 7.71. The number of hydrogen-bond donors (Lipinski definition) is 3. The third kappa shape index (κ3) is 6.75. The molecule has 6 heteroatoms. The van der Waals surface area contributed by atoms with Crippen LogP contribution in [0.5, 0.6) is 0 Å². The quantitative estimate of drug-likeness (QED) is 0.636. The maximum atomic E-state index is 12.2. The van der Waals surface area contributed by atoms with Gasteiger partial charge < -0.3 is 16.4 Å². The summed E-state index contributed by atoms with van der Waals surface area (Å²) in [6, 6.07) is 15.1. The fourth-order valence-corrected chi connectivity index (χ4v) is 2.80. The molecule has 2 aromatic carbocycles. The van der Waals surface area contributed by atoms with E-state index in [1.165, 1.54) is 5.56 Å². The molecular weight excluding hydrogens is 340 g/mol. The van der Waals surface area contributed by atoms with Crippen LogP contribution in [0.3, 0.4) is 0 Å². The smallest absolute Gasteiger partial charge is 0.319 e. The van der Waals surface area contributed by atoms with Crippen molar-refractivity contribution in [1.29, 1.82) is 0 Å². The number of rotatable bonds is 9. The standard InChI is InChI=1S/C21H28N4O2/c1-3-25(4-2)15-17-11-9-16(10-12-17)14-23-21(27)24-19-8-6-5-7-18(19)13-20(22)26/h5-12H,3-4,13-15H2,1-2H3,(H2,22,26)(H2,23,24,27). The number of amides is 3. The average molecular weight is 368 g/mol. The lowest BCUT2D eigenvalue weighted by Crippen LogP contribution is -2.29. The van der Waals surface area contributed by atoms with Gasteiger partial charge in [-0.1, -0.05) is 56.3 Å². The Morgan fingerprint density at radius 1 is 0.963 bits per heavy atom. The summed E-state index contributed by atoms with van der Waals surface area (Å²) < 4.78 is 0. The van der Waals surface area contributed by atoms with Gasteiger partial charge in [-0.25, -0.2) is 4.79 Å². The van der Waals surface area contributed by atoms with Crippen molar-refractivity contribution in [3.05, 3.63) is 65.2 Å². The van der Waals surface area contributed by atoms with Gasteiger partial charge in [0.2, 0.25) is 5.91 Å². The highest BCUT2D eigenvalue weighted by Crippen LogP contribution is 2.15. The van der Waals surface area contributed by atoms with Gasteiger partial charge in [0.05, 0.1) is 6.42 Å². The zero-order valence-corrected chi connectivity index (χ0v) is 16.0. The number of carbonyl (C=O) groups excluding carboxylic acids is 2. The number of nitrogens with one attached hydrogen (secondary N) is 2. The molecule has 0 aliphatic rings. The molecule has 0 saturated heterocycles. The van der Waals surface area contributed by atoms with Crippen molar-refractivity contribution in [2.45, 2.75) is 33.4 Å². The first kappa shape index (κ1) is 20.5. The lowest BCUT2D eigenvalue weighted by molar-refractivity contribution is -0.117. The van der Waals surface area contributed by atoms with Crippen LogP contribution in [-0.2, 0) is 24.3 Å². The molecule has 2 aromatic rings. The number of hydrogen-bond acceptors (Lipinski definition) is 3. The van der Waals surface area contributed by atoms with Gasteiger partial charge in [0.15, 0.2) is 0 Å². The van der Waals surface area contributed by atoms with Crippen LogP contribution in [0.15, 0.2) is 48.5 Å². The van der Waals surface area contributed by atoms with Gasteiger partial charge in [0.1, 0.15) is 0 Å². The van der Waals surface area contributed by atoms with Gasteiger partial charge in [0, 0.05) is 18.8 Å². The molecule has 0 atom stereocenters. The summed E-state index contributed by atoms with van der Waals surface area (Å²) in [4.78, 5) is 25.7. The Bertz CT molecular complexity index is 755. The Kier molecular flexibility index (Phi) is 7.82. The zero-order valence-electron chi connectivity index (χ0n) is 16.0. The molecule has 0 radical (unpaired) electrons. The first-order chi connectivity index (χ1) is 13.0. The van der Waals surface area contributed by atoms with Crippen molar-refractivity contribution in [3.63, 3.8) is 0 Å². The van der Waals surface area contributed by atoms with Crippen molar-refractivity contribution in [3.8, 4) is 0 Å². The SMILES string of the molecule is CCN(CC)Cc1ccc(CNC(=O)Nc2ccccc2CC(N)=O)cc1. The van der Waals surface area contributed by atoms with E-state index in [1.807, 2.05) is 12.1 Å². The normalized spacial score (nSPS) is 10.6. The van der Waals surface area contributed by atoms with Crippen molar-refractivity contribution in [2.75, 3.05) is 18.4 Å². The second-order valence-electron chi connectivity index (χ2n) is 6.39. The van der Waals surface area contributed by atoms with Crippen LogP contribution in [0.4, 0.5) is 10.5 Å². The predicted octanol–water partition coefficient (Wildman–Crippen LogP) is 2.88. The fourth-order valence-electron chi connectivity index (χ4n) is 2.80. The lowest BCUT2D eigenvalue weighted by atomic mass is 10.1. The van der Waals surface area contributed by atoms with Crippen LogP contribution in [0.2, 0.25) is 0 Å². The van der Waals surface area contributed by atoms with Gasteiger partial charge in [-0.2, -0.15) is 0 Å². The van der Waals surface area contributed by atoms with Crippen molar-refractivity contribution in [1.82, 2.24) is 10.2 Å². The first-order valence-corrected chi connectivity index (χ1v) is 9.23. The maximum Gasteiger partial charge on any atom is 0.319 e. The number of benzene rings is 2. The first-order valence-electron chi connectivity index (χ1n) is 9.23. The molecule has 0 aliphatic heterocycles. The molecule has 4 N–H and O–H groups in total. The molecule has 0 saturated carbocycles. The lowest BCUT2D eigenvalue weighted by Gasteiger charge is -2.18. The topological polar surface area (TPSA) is 87.5 Å². The number of anilines is 1. The second kappa shape index (κ2) is 10.3. The summed E-state index contributed by atoms with van der Waals surface area (Å²) in [5.74, 6) is -0.436.